The number of guanidine groups is 1. The van der Waals surface area contributed by atoms with E-state index in [1.807, 2.05) is 38.1 Å². The van der Waals surface area contributed by atoms with E-state index >= 15 is 0 Å². The largest absolute Gasteiger partial charge is 0.357 e. The third kappa shape index (κ3) is 3.34. The summed E-state index contributed by atoms with van der Waals surface area (Å²) < 4.78 is 0. The zero-order valence-corrected chi connectivity index (χ0v) is 11.7. The molecule has 0 saturated carbocycles. The molecule has 1 unspecified atom stereocenters. The standard InChI is InChI=1S/C14H19N5O/c1-3-16-14(15)17-11-6-4-10(5-7-11)13-9(2)8-12(20)18-19-13/h4-7,9H,3,8H2,1-2H3,(H,18,20)(H3,15,16,17). The molecule has 2 rings (SSSR count). The Balaban J connectivity index is 2.08. The average molecular weight is 273 g/mol. The first kappa shape index (κ1) is 14.0. The lowest BCUT2D eigenvalue weighted by Gasteiger charge is -2.19. The van der Waals surface area contributed by atoms with Crippen LogP contribution in [-0.4, -0.2) is 24.1 Å². The Kier molecular flexibility index (Phi) is 4.34. The van der Waals surface area contributed by atoms with Gasteiger partial charge in [0.15, 0.2) is 5.96 Å². The summed E-state index contributed by atoms with van der Waals surface area (Å²) in [6.45, 7) is 4.64. The number of carbonyl (C=O) groups is 1. The Bertz CT molecular complexity index is 535. The normalized spacial score (nSPS) is 18.0. The van der Waals surface area contributed by atoms with Gasteiger partial charge in [0.05, 0.1) is 5.71 Å². The number of nitrogens with zero attached hydrogens (tertiary/aromatic N) is 1. The minimum atomic E-state index is -0.0429. The van der Waals surface area contributed by atoms with Crippen molar-refractivity contribution in [2.75, 3.05) is 11.9 Å². The van der Waals surface area contributed by atoms with Crippen LogP contribution in [0.4, 0.5) is 5.69 Å². The number of anilines is 1. The number of hydrazone groups is 1. The van der Waals surface area contributed by atoms with Crippen LogP contribution in [0.25, 0.3) is 0 Å². The van der Waals surface area contributed by atoms with Crippen LogP contribution in [0, 0.1) is 11.3 Å². The molecule has 1 heterocycles. The van der Waals surface area contributed by atoms with E-state index in [9.17, 15) is 4.79 Å². The molecule has 0 saturated heterocycles. The molecule has 1 aromatic carbocycles. The Hall–Kier alpha value is -2.37. The van der Waals surface area contributed by atoms with Crippen molar-refractivity contribution in [2.45, 2.75) is 20.3 Å². The molecule has 6 nitrogen and oxygen atoms in total. The molecule has 1 aromatic rings. The molecule has 1 amide bonds. The average Bonchev–Trinajstić information content (AvgIpc) is 2.40. The van der Waals surface area contributed by atoms with Crippen LogP contribution < -0.4 is 16.1 Å². The summed E-state index contributed by atoms with van der Waals surface area (Å²) in [5.41, 5.74) is 5.23. The summed E-state index contributed by atoms with van der Waals surface area (Å²) in [5.74, 6) is 0.345. The van der Waals surface area contributed by atoms with E-state index in [0.717, 1.165) is 17.0 Å². The Morgan fingerprint density at radius 3 is 2.75 bits per heavy atom. The summed E-state index contributed by atoms with van der Waals surface area (Å²) in [6, 6.07) is 7.67. The highest BCUT2D eigenvalue weighted by Gasteiger charge is 2.21. The van der Waals surface area contributed by atoms with Crippen LogP contribution in [0.15, 0.2) is 29.4 Å². The highest BCUT2D eigenvalue weighted by atomic mass is 16.2. The first-order chi connectivity index (χ1) is 9.60. The molecule has 0 aromatic heterocycles. The van der Waals surface area contributed by atoms with E-state index in [1.165, 1.54) is 0 Å². The number of hydrogen-bond donors (Lipinski definition) is 4. The van der Waals surface area contributed by atoms with Crippen molar-refractivity contribution < 1.29 is 4.79 Å². The third-order valence-corrected chi connectivity index (χ3v) is 3.06. The Labute approximate surface area is 118 Å². The highest BCUT2D eigenvalue weighted by Crippen LogP contribution is 2.18. The van der Waals surface area contributed by atoms with Crippen molar-refractivity contribution in [1.82, 2.24) is 10.7 Å². The molecule has 20 heavy (non-hydrogen) atoms. The lowest BCUT2D eigenvalue weighted by molar-refractivity contribution is -0.121. The lowest BCUT2D eigenvalue weighted by Crippen LogP contribution is -2.32. The van der Waals surface area contributed by atoms with Gasteiger partial charge in [0, 0.05) is 24.6 Å². The van der Waals surface area contributed by atoms with Crippen molar-refractivity contribution in [3.63, 3.8) is 0 Å². The van der Waals surface area contributed by atoms with Gasteiger partial charge in [-0.1, -0.05) is 19.1 Å². The van der Waals surface area contributed by atoms with Gasteiger partial charge >= 0.3 is 0 Å². The van der Waals surface area contributed by atoms with Crippen molar-refractivity contribution in [3.05, 3.63) is 29.8 Å². The fraction of sp³-hybridized carbons (Fsp3) is 0.357. The summed E-state index contributed by atoms with van der Waals surface area (Å²) in [4.78, 5) is 11.2. The van der Waals surface area contributed by atoms with Crippen LogP contribution >= 0.6 is 0 Å². The summed E-state index contributed by atoms with van der Waals surface area (Å²) in [5, 5.41) is 17.6. The van der Waals surface area contributed by atoms with Crippen LogP contribution in [0.5, 0.6) is 0 Å². The fourth-order valence-electron chi connectivity index (χ4n) is 2.09. The first-order valence-corrected chi connectivity index (χ1v) is 6.66. The molecule has 0 aliphatic carbocycles. The maximum atomic E-state index is 11.2. The fourth-order valence-corrected chi connectivity index (χ4v) is 2.09. The van der Waals surface area contributed by atoms with Gasteiger partial charge in [-0.2, -0.15) is 5.10 Å². The SMILES string of the molecule is CCNC(=N)Nc1ccc(C2=NNC(=O)CC2C)cc1. The second-order valence-electron chi connectivity index (χ2n) is 4.74. The van der Waals surface area contributed by atoms with Gasteiger partial charge in [0.1, 0.15) is 0 Å². The number of benzene rings is 1. The quantitative estimate of drug-likeness (QED) is 0.497. The van der Waals surface area contributed by atoms with E-state index in [-0.39, 0.29) is 17.8 Å². The van der Waals surface area contributed by atoms with Crippen molar-refractivity contribution >= 4 is 23.3 Å². The van der Waals surface area contributed by atoms with Crippen molar-refractivity contribution in [1.29, 1.82) is 5.41 Å². The molecule has 106 valence electrons. The molecule has 4 N–H and O–H groups in total. The number of carbonyl (C=O) groups excluding carboxylic acids is 1. The van der Waals surface area contributed by atoms with Gasteiger partial charge in [-0.15, -0.1) is 0 Å². The van der Waals surface area contributed by atoms with E-state index in [0.29, 0.717) is 13.0 Å². The molecule has 0 spiro atoms. The summed E-state index contributed by atoms with van der Waals surface area (Å²) in [6.07, 6.45) is 0.462. The number of hydrogen-bond acceptors (Lipinski definition) is 3. The van der Waals surface area contributed by atoms with Crippen molar-refractivity contribution in [3.8, 4) is 0 Å². The van der Waals surface area contributed by atoms with Gasteiger partial charge in [0.2, 0.25) is 5.91 Å². The third-order valence-electron chi connectivity index (χ3n) is 3.06. The smallest absolute Gasteiger partial charge is 0.240 e. The predicted octanol–water partition coefficient (Wildman–Crippen LogP) is 1.50. The molecule has 1 aliphatic rings. The van der Waals surface area contributed by atoms with Crippen LogP contribution in [0.3, 0.4) is 0 Å². The number of amides is 1. The van der Waals surface area contributed by atoms with E-state index in [1.54, 1.807) is 0 Å². The Morgan fingerprint density at radius 1 is 1.45 bits per heavy atom. The maximum absolute atomic E-state index is 11.2. The molecule has 1 atom stereocenters. The molecule has 0 fully saturated rings. The summed E-state index contributed by atoms with van der Waals surface area (Å²) >= 11 is 0. The second kappa shape index (κ2) is 6.18. The summed E-state index contributed by atoms with van der Waals surface area (Å²) in [7, 11) is 0. The zero-order valence-electron chi connectivity index (χ0n) is 11.7. The van der Waals surface area contributed by atoms with Crippen LogP contribution in [-0.2, 0) is 4.79 Å². The highest BCUT2D eigenvalue weighted by molar-refractivity contribution is 6.06. The molecular formula is C14H19N5O. The van der Waals surface area contributed by atoms with Crippen molar-refractivity contribution in [2.24, 2.45) is 11.0 Å². The monoisotopic (exact) mass is 273 g/mol. The molecule has 0 bridgehead atoms. The zero-order chi connectivity index (χ0) is 14.5. The second-order valence-corrected chi connectivity index (χ2v) is 4.74. The molecule has 0 radical (unpaired) electrons. The predicted molar refractivity (Wildman–Crippen MR) is 79.9 cm³/mol. The number of nitrogens with one attached hydrogen (secondary N) is 4. The minimum absolute atomic E-state index is 0.0429. The molecular weight excluding hydrogens is 254 g/mol. The van der Waals surface area contributed by atoms with Gasteiger partial charge in [0.25, 0.3) is 0 Å². The van der Waals surface area contributed by atoms with Gasteiger partial charge < -0.3 is 10.6 Å². The van der Waals surface area contributed by atoms with Crippen LogP contribution in [0.2, 0.25) is 0 Å². The van der Waals surface area contributed by atoms with Gasteiger partial charge in [-0.3, -0.25) is 10.2 Å². The molecule has 1 aliphatic heterocycles. The minimum Gasteiger partial charge on any atom is -0.357 e. The maximum Gasteiger partial charge on any atom is 0.240 e. The lowest BCUT2D eigenvalue weighted by atomic mass is 9.94. The van der Waals surface area contributed by atoms with E-state index < -0.39 is 0 Å². The van der Waals surface area contributed by atoms with E-state index in [2.05, 4.69) is 21.2 Å². The topological polar surface area (TPSA) is 89.4 Å². The van der Waals surface area contributed by atoms with E-state index in [4.69, 9.17) is 5.41 Å². The number of rotatable bonds is 3. The van der Waals surface area contributed by atoms with Gasteiger partial charge in [-0.25, -0.2) is 5.43 Å². The molecule has 6 heteroatoms. The first-order valence-electron chi connectivity index (χ1n) is 6.66. The Morgan fingerprint density at radius 2 is 2.15 bits per heavy atom. The van der Waals surface area contributed by atoms with Gasteiger partial charge in [-0.05, 0) is 24.6 Å². The van der Waals surface area contributed by atoms with Crippen LogP contribution in [0.1, 0.15) is 25.8 Å².